The van der Waals surface area contributed by atoms with Crippen molar-refractivity contribution in [3.8, 4) is 6.07 Å². The third-order valence-corrected chi connectivity index (χ3v) is 3.68. The van der Waals surface area contributed by atoms with Crippen LogP contribution in [0.5, 0.6) is 0 Å². The third kappa shape index (κ3) is 3.38. The maximum Gasteiger partial charge on any atom is 0.101 e. The molecule has 0 atom stereocenters. The molecule has 19 heavy (non-hydrogen) atoms. The highest BCUT2D eigenvalue weighted by Crippen LogP contribution is 2.27. The number of benzene rings is 1. The minimum absolute atomic E-state index is 0.464. The summed E-state index contributed by atoms with van der Waals surface area (Å²) < 4.78 is 5.26. The molecule has 0 saturated carbocycles. The van der Waals surface area contributed by atoms with Crippen molar-refractivity contribution in [3.05, 3.63) is 28.8 Å². The summed E-state index contributed by atoms with van der Waals surface area (Å²) in [5.41, 5.74) is 0.541. The Morgan fingerprint density at radius 3 is 2.79 bits per heavy atom. The predicted octanol–water partition coefficient (Wildman–Crippen LogP) is 2.19. The Kier molecular flexibility index (Phi) is 4.31. The zero-order chi connectivity index (χ0) is 13.9. The van der Waals surface area contributed by atoms with Gasteiger partial charge in [0.1, 0.15) is 6.07 Å². The van der Waals surface area contributed by atoms with Gasteiger partial charge in [0, 0.05) is 44.7 Å². The summed E-state index contributed by atoms with van der Waals surface area (Å²) in [6.45, 7) is 1.61. The van der Waals surface area contributed by atoms with E-state index in [0.29, 0.717) is 43.2 Å². The van der Waals surface area contributed by atoms with Gasteiger partial charge in [0.15, 0.2) is 0 Å². The molecule has 0 unspecified atom stereocenters. The second-order valence-corrected chi connectivity index (χ2v) is 5.40. The van der Waals surface area contributed by atoms with Gasteiger partial charge in [0.05, 0.1) is 16.9 Å². The molecule has 0 amide bonds. The van der Waals surface area contributed by atoms with E-state index in [1.165, 1.54) is 0 Å². The number of ether oxygens (including phenoxy) is 1. The summed E-state index contributed by atoms with van der Waals surface area (Å²) in [6, 6.07) is 7.29. The number of nitriles is 1. The molecule has 102 valence electrons. The Labute approximate surface area is 118 Å². The van der Waals surface area contributed by atoms with Gasteiger partial charge in [-0.15, -0.1) is 0 Å². The van der Waals surface area contributed by atoms with Crippen LogP contribution in [0.4, 0.5) is 5.69 Å². The lowest BCUT2D eigenvalue weighted by Gasteiger charge is -2.36. The van der Waals surface area contributed by atoms with Gasteiger partial charge in [0.25, 0.3) is 0 Å². The third-order valence-electron chi connectivity index (χ3n) is 3.45. The van der Waals surface area contributed by atoms with E-state index >= 15 is 0 Å². The van der Waals surface area contributed by atoms with E-state index in [0.717, 1.165) is 5.69 Å². The van der Waals surface area contributed by atoms with E-state index in [1.807, 2.05) is 11.9 Å². The minimum Gasteiger partial charge on any atom is -0.388 e. The topological polar surface area (TPSA) is 56.5 Å². The van der Waals surface area contributed by atoms with Crippen LogP contribution in [0.15, 0.2) is 18.2 Å². The number of nitrogens with zero attached hydrogens (tertiary/aromatic N) is 2. The zero-order valence-corrected chi connectivity index (χ0v) is 11.7. The number of rotatable bonds is 3. The van der Waals surface area contributed by atoms with Crippen molar-refractivity contribution in [1.82, 2.24) is 0 Å². The van der Waals surface area contributed by atoms with E-state index in [4.69, 9.17) is 21.6 Å². The molecule has 1 aliphatic heterocycles. The molecule has 1 N–H and O–H groups in total. The zero-order valence-electron chi connectivity index (χ0n) is 10.9. The van der Waals surface area contributed by atoms with Crippen LogP contribution in [0.1, 0.15) is 18.4 Å². The lowest BCUT2D eigenvalue weighted by molar-refractivity contribution is -0.0572. The van der Waals surface area contributed by atoms with E-state index in [-0.39, 0.29) is 0 Å². The quantitative estimate of drug-likeness (QED) is 0.922. The summed E-state index contributed by atoms with van der Waals surface area (Å²) in [4.78, 5) is 1.88. The molecule has 2 rings (SSSR count). The number of hydrogen-bond donors (Lipinski definition) is 1. The van der Waals surface area contributed by atoms with Gasteiger partial charge >= 0.3 is 0 Å². The number of likely N-dealkylation sites (N-methyl/N-ethyl adjacent to an activating group) is 1. The fourth-order valence-electron chi connectivity index (χ4n) is 2.35. The molecule has 1 fully saturated rings. The van der Waals surface area contributed by atoms with Crippen LogP contribution in [-0.4, -0.2) is 37.5 Å². The highest BCUT2D eigenvalue weighted by molar-refractivity contribution is 6.30. The average molecular weight is 281 g/mol. The largest absolute Gasteiger partial charge is 0.388 e. The Morgan fingerprint density at radius 2 is 2.16 bits per heavy atom. The van der Waals surface area contributed by atoms with Gasteiger partial charge in [-0.1, -0.05) is 11.6 Å². The summed E-state index contributed by atoms with van der Waals surface area (Å²) in [5, 5.41) is 20.2. The SMILES string of the molecule is CN(CC1(O)CCOCC1)c1cc(Cl)ccc1C#N. The van der Waals surface area contributed by atoms with E-state index in [2.05, 4.69) is 6.07 Å². The molecule has 1 aliphatic rings. The average Bonchev–Trinajstić information content (AvgIpc) is 2.39. The molecule has 5 heteroatoms. The van der Waals surface area contributed by atoms with Crippen LogP contribution in [0.25, 0.3) is 0 Å². The van der Waals surface area contributed by atoms with Gasteiger partial charge in [-0.05, 0) is 18.2 Å². The van der Waals surface area contributed by atoms with Crippen molar-refractivity contribution >= 4 is 17.3 Å². The van der Waals surface area contributed by atoms with Crippen LogP contribution in [-0.2, 0) is 4.74 Å². The summed E-state index contributed by atoms with van der Waals surface area (Å²) >= 11 is 5.98. The van der Waals surface area contributed by atoms with Crippen molar-refractivity contribution < 1.29 is 9.84 Å². The van der Waals surface area contributed by atoms with Crippen LogP contribution < -0.4 is 4.90 Å². The molecule has 1 saturated heterocycles. The number of halogens is 1. The Hall–Kier alpha value is -1.28. The van der Waals surface area contributed by atoms with Crippen molar-refractivity contribution in [2.75, 3.05) is 31.7 Å². The molecule has 0 bridgehead atoms. The van der Waals surface area contributed by atoms with Crippen LogP contribution in [0, 0.1) is 11.3 Å². The second-order valence-electron chi connectivity index (χ2n) is 4.97. The fraction of sp³-hybridized carbons (Fsp3) is 0.500. The second kappa shape index (κ2) is 5.79. The van der Waals surface area contributed by atoms with Crippen LogP contribution in [0.2, 0.25) is 5.02 Å². The van der Waals surface area contributed by atoms with E-state index in [9.17, 15) is 5.11 Å². The van der Waals surface area contributed by atoms with Gasteiger partial charge in [-0.2, -0.15) is 5.26 Å². The first-order valence-corrected chi connectivity index (χ1v) is 6.63. The molecular formula is C14H17ClN2O2. The normalized spacial score (nSPS) is 17.8. The predicted molar refractivity (Wildman–Crippen MR) is 74.4 cm³/mol. The Balaban J connectivity index is 2.17. The van der Waals surface area contributed by atoms with E-state index in [1.54, 1.807) is 18.2 Å². The first-order chi connectivity index (χ1) is 9.04. The smallest absolute Gasteiger partial charge is 0.101 e. The Bertz CT molecular complexity index is 493. The lowest BCUT2D eigenvalue weighted by Crippen LogP contribution is -2.45. The number of aliphatic hydroxyl groups is 1. The summed E-state index contributed by atoms with van der Waals surface area (Å²) in [7, 11) is 1.86. The highest BCUT2D eigenvalue weighted by atomic mass is 35.5. The molecule has 1 heterocycles. The Morgan fingerprint density at radius 1 is 1.47 bits per heavy atom. The van der Waals surface area contributed by atoms with Crippen molar-refractivity contribution in [3.63, 3.8) is 0 Å². The molecular weight excluding hydrogens is 264 g/mol. The first-order valence-electron chi connectivity index (χ1n) is 6.25. The van der Waals surface area contributed by atoms with Gasteiger partial charge in [-0.3, -0.25) is 0 Å². The molecule has 0 aromatic heterocycles. The minimum atomic E-state index is -0.762. The molecule has 4 nitrogen and oxygen atoms in total. The fourth-order valence-corrected chi connectivity index (χ4v) is 2.52. The van der Waals surface area contributed by atoms with Crippen LogP contribution >= 0.6 is 11.6 Å². The number of hydrogen-bond acceptors (Lipinski definition) is 4. The number of anilines is 1. The van der Waals surface area contributed by atoms with E-state index < -0.39 is 5.60 Å². The maximum atomic E-state index is 10.5. The molecule has 1 aromatic carbocycles. The van der Waals surface area contributed by atoms with Gasteiger partial charge < -0.3 is 14.7 Å². The molecule has 0 aliphatic carbocycles. The first kappa shape index (κ1) is 14.1. The molecule has 1 aromatic rings. The van der Waals surface area contributed by atoms with Gasteiger partial charge in [0.2, 0.25) is 0 Å². The van der Waals surface area contributed by atoms with Crippen molar-refractivity contribution in [1.29, 1.82) is 5.26 Å². The maximum absolute atomic E-state index is 10.5. The summed E-state index contributed by atoms with van der Waals surface area (Å²) in [6.07, 6.45) is 1.22. The standard InChI is InChI=1S/C14H17ClN2O2/c1-17(10-14(18)4-6-19-7-5-14)13-8-12(15)3-2-11(13)9-16/h2-3,8,18H,4-7,10H2,1H3. The molecule has 0 spiro atoms. The van der Waals surface area contributed by atoms with Crippen molar-refractivity contribution in [2.24, 2.45) is 0 Å². The van der Waals surface area contributed by atoms with Gasteiger partial charge in [-0.25, -0.2) is 0 Å². The molecule has 0 radical (unpaired) electrons. The monoisotopic (exact) mass is 280 g/mol. The van der Waals surface area contributed by atoms with Crippen molar-refractivity contribution in [2.45, 2.75) is 18.4 Å². The lowest BCUT2D eigenvalue weighted by atomic mass is 9.93. The summed E-state index contributed by atoms with van der Waals surface area (Å²) in [5.74, 6) is 0. The van der Waals surface area contributed by atoms with Crippen LogP contribution in [0.3, 0.4) is 0 Å². The highest BCUT2D eigenvalue weighted by Gasteiger charge is 2.31.